The van der Waals surface area contributed by atoms with Gasteiger partial charge < -0.3 is 9.73 Å². The summed E-state index contributed by atoms with van der Waals surface area (Å²) < 4.78 is 6.89. The minimum Gasteiger partial charge on any atom is -0.458 e. The van der Waals surface area contributed by atoms with E-state index in [1.807, 2.05) is 12.1 Å². The first-order valence-electron chi connectivity index (χ1n) is 5.49. The molecule has 3 heteroatoms. The summed E-state index contributed by atoms with van der Waals surface area (Å²) in [6.45, 7) is 7.15. The third-order valence-corrected chi connectivity index (χ3v) is 3.31. The van der Waals surface area contributed by atoms with E-state index in [1.54, 1.807) is 0 Å². The van der Waals surface area contributed by atoms with Gasteiger partial charge in [0.1, 0.15) is 11.3 Å². The summed E-state index contributed by atoms with van der Waals surface area (Å²) in [4.78, 5) is 0. The molecule has 1 heterocycles. The smallest absolute Gasteiger partial charge is 0.148 e. The highest BCUT2D eigenvalue weighted by molar-refractivity contribution is 9.10. The average molecular weight is 282 g/mol. The van der Waals surface area contributed by atoms with Crippen molar-refractivity contribution in [1.82, 2.24) is 5.32 Å². The summed E-state index contributed by atoms with van der Waals surface area (Å²) in [6.07, 6.45) is 0. The summed E-state index contributed by atoms with van der Waals surface area (Å²) in [5.74, 6) is 1.02. The Hall–Kier alpha value is -0.800. The molecule has 0 atom stereocenters. The highest BCUT2D eigenvalue weighted by Gasteiger charge is 2.12. The van der Waals surface area contributed by atoms with Crippen LogP contribution in [-0.4, -0.2) is 6.04 Å². The third kappa shape index (κ3) is 2.15. The number of para-hydroxylation sites is 1. The Morgan fingerprint density at radius 2 is 2.12 bits per heavy atom. The van der Waals surface area contributed by atoms with Gasteiger partial charge in [0.25, 0.3) is 0 Å². The van der Waals surface area contributed by atoms with E-state index in [1.165, 1.54) is 10.9 Å². The number of nitrogens with one attached hydrogen (secondary N) is 1. The number of fused-ring (bicyclic) bond motifs is 1. The molecule has 16 heavy (non-hydrogen) atoms. The van der Waals surface area contributed by atoms with Gasteiger partial charge in [0.15, 0.2) is 0 Å². The summed E-state index contributed by atoms with van der Waals surface area (Å²) in [5.41, 5.74) is 2.17. The van der Waals surface area contributed by atoms with Crippen LogP contribution < -0.4 is 5.32 Å². The Kier molecular flexibility index (Phi) is 3.36. The third-order valence-electron chi connectivity index (χ3n) is 2.69. The van der Waals surface area contributed by atoms with Gasteiger partial charge in [-0.1, -0.05) is 26.0 Å². The van der Waals surface area contributed by atoms with Crippen molar-refractivity contribution >= 4 is 26.9 Å². The van der Waals surface area contributed by atoms with Gasteiger partial charge in [0.05, 0.1) is 11.0 Å². The van der Waals surface area contributed by atoms with Crippen LogP contribution in [0.3, 0.4) is 0 Å². The molecule has 0 amide bonds. The predicted molar refractivity (Wildman–Crippen MR) is 70.6 cm³/mol. The lowest BCUT2D eigenvalue weighted by Gasteiger charge is -2.05. The topological polar surface area (TPSA) is 25.2 Å². The number of hydrogen-bond donors (Lipinski definition) is 1. The van der Waals surface area contributed by atoms with Crippen LogP contribution >= 0.6 is 15.9 Å². The number of rotatable bonds is 3. The molecule has 0 radical (unpaired) electrons. The lowest BCUT2D eigenvalue weighted by molar-refractivity contribution is 0.484. The monoisotopic (exact) mass is 281 g/mol. The van der Waals surface area contributed by atoms with Gasteiger partial charge in [0, 0.05) is 11.4 Å². The molecule has 0 saturated heterocycles. The van der Waals surface area contributed by atoms with Crippen molar-refractivity contribution in [3.63, 3.8) is 0 Å². The summed E-state index contributed by atoms with van der Waals surface area (Å²) in [6, 6.07) is 6.60. The molecular weight excluding hydrogens is 266 g/mol. The van der Waals surface area contributed by atoms with Crippen LogP contribution in [0.5, 0.6) is 0 Å². The molecule has 0 aliphatic heterocycles. The fourth-order valence-electron chi connectivity index (χ4n) is 1.72. The van der Waals surface area contributed by atoms with Crippen LogP contribution in [-0.2, 0) is 6.54 Å². The number of hydrogen-bond acceptors (Lipinski definition) is 2. The van der Waals surface area contributed by atoms with E-state index < -0.39 is 0 Å². The van der Waals surface area contributed by atoms with E-state index in [4.69, 9.17) is 4.42 Å². The molecule has 0 spiro atoms. The zero-order valence-electron chi connectivity index (χ0n) is 9.80. The van der Waals surface area contributed by atoms with Crippen LogP contribution in [0.2, 0.25) is 0 Å². The van der Waals surface area contributed by atoms with Crippen molar-refractivity contribution in [2.45, 2.75) is 33.4 Å². The second-order valence-electron chi connectivity index (χ2n) is 4.30. The molecule has 2 nitrogen and oxygen atoms in total. The van der Waals surface area contributed by atoms with E-state index in [-0.39, 0.29) is 0 Å². The standard InChI is InChI=1S/C13H16BrNO/c1-8(2)15-7-12-9(3)10-5-4-6-11(14)13(10)16-12/h4-6,8,15H,7H2,1-3H3. The van der Waals surface area contributed by atoms with E-state index in [2.05, 4.69) is 48.1 Å². The minimum atomic E-state index is 0.469. The van der Waals surface area contributed by atoms with Crippen LogP contribution in [0.1, 0.15) is 25.2 Å². The van der Waals surface area contributed by atoms with Crippen molar-refractivity contribution < 1.29 is 4.42 Å². The fourth-order valence-corrected chi connectivity index (χ4v) is 2.17. The van der Waals surface area contributed by atoms with E-state index in [0.29, 0.717) is 6.04 Å². The van der Waals surface area contributed by atoms with Crippen LogP contribution in [0.25, 0.3) is 11.0 Å². The molecule has 86 valence electrons. The Morgan fingerprint density at radius 1 is 1.38 bits per heavy atom. The molecule has 0 bridgehead atoms. The Bertz CT molecular complexity index is 502. The van der Waals surface area contributed by atoms with Gasteiger partial charge in [-0.2, -0.15) is 0 Å². The number of aryl methyl sites for hydroxylation is 1. The van der Waals surface area contributed by atoms with Gasteiger partial charge in [0.2, 0.25) is 0 Å². The van der Waals surface area contributed by atoms with Gasteiger partial charge in [-0.25, -0.2) is 0 Å². The Morgan fingerprint density at radius 3 is 2.75 bits per heavy atom. The van der Waals surface area contributed by atoms with Crippen LogP contribution in [0, 0.1) is 6.92 Å². The summed E-state index contributed by atoms with van der Waals surface area (Å²) >= 11 is 3.51. The van der Waals surface area contributed by atoms with Gasteiger partial charge in [-0.05, 0) is 34.5 Å². The quantitative estimate of drug-likeness (QED) is 0.920. The molecule has 1 aromatic carbocycles. The van der Waals surface area contributed by atoms with Crippen LogP contribution in [0.15, 0.2) is 27.1 Å². The van der Waals surface area contributed by atoms with Crippen molar-refractivity contribution in [3.8, 4) is 0 Å². The first kappa shape index (κ1) is 11.7. The van der Waals surface area contributed by atoms with Crippen LogP contribution in [0.4, 0.5) is 0 Å². The largest absolute Gasteiger partial charge is 0.458 e. The fraction of sp³-hybridized carbons (Fsp3) is 0.385. The van der Waals surface area contributed by atoms with E-state index in [0.717, 1.165) is 22.4 Å². The lowest BCUT2D eigenvalue weighted by Crippen LogP contribution is -2.21. The first-order chi connectivity index (χ1) is 7.59. The van der Waals surface area contributed by atoms with E-state index >= 15 is 0 Å². The lowest BCUT2D eigenvalue weighted by atomic mass is 10.1. The molecule has 1 aromatic heterocycles. The Balaban J connectivity index is 2.40. The maximum atomic E-state index is 5.87. The second-order valence-corrected chi connectivity index (χ2v) is 5.16. The molecule has 0 aliphatic carbocycles. The number of furan rings is 1. The zero-order valence-corrected chi connectivity index (χ0v) is 11.4. The van der Waals surface area contributed by atoms with Gasteiger partial charge >= 0.3 is 0 Å². The number of benzene rings is 1. The summed E-state index contributed by atoms with van der Waals surface area (Å²) in [7, 11) is 0. The molecule has 0 fully saturated rings. The normalized spacial score (nSPS) is 11.6. The molecule has 2 rings (SSSR count). The van der Waals surface area contributed by atoms with Crippen molar-refractivity contribution in [2.24, 2.45) is 0 Å². The predicted octanol–water partition coefficient (Wildman–Crippen LogP) is 4.00. The molecule has 0 saturated carbocycles. The molecule has 1 N–H and O–H groups in total. The van der Waals surface area contributed by atoms with Gasteiger partial charge in [-0.15, -0.1) is 0 Å². The molecular formula is C13H16BrNO. The van der Waals surface area contributed by atoms with E-state index in [9.17, 15) is 0 Å². The van der Waals surface area contributed by atoms with Crippen molar-refractivity contribution in [2.75, 3.05) is 0 Å². The van der Waals surface area contributed by atoms with Crippen molar-refractivity contribution in [3.05, 3.63) is 34.0 Å². The maximum Gasteiger partial charge on any atom is 0.148 e. The number of halogens is 1. The van der Waals surface area contributed by atoms with Crippen molar-refractivity contribution in [1.29, 1.82) is 0 Å². The average Bonchev–Trinajstić information content (AvgIpc) is 2.55. The highest BCUT2D eigenvalue weighted by Crippen LogP contribution is 2.30. The first-order valence-corrected chi connectivity index (χ1v) is 6.28. The van der Waals surface area contributed by atoms with Gasteiger partial charge in [-0.3, -0.25) is 0 Å². The molecule has 0 aliphatic rings. The molecule has 0 unspecified atom stereocenters. The minimum absolute atomic E-state index is 0.469. The zero-order chi connectivity index (χ0) is 11.7. The maximum absolute atomic E-state index is 5.87. The SMILES string of the molecule is Cc1c(CNC(C)C)oc2c(Br)cccc12. The summed E-state index contributed by atoms with van der Waals surface area (Å²) in [5, 5.41) is 4.56. The second kappa shape index (κ2) is 4.60. The highest BCUT2D eigenvalue weighted by atomic mass is 79.9. The molecule has 2 aromatic rings. The Labute approximate surface area is 104 Å².